The molecule has 146 valence electrons. The van der Waals surface area contributed by atoms with Crippen molar-refractivity contribution in [1.29, 1.82) is 0 Å². The number of benzene rings is 1. The molecule has 1 heterocycles. The third kappa shape index (κ3) is 5.07. The predicted molar refractivity (Wildman–Crippen MR) is 119 cm³/mol. The molecule has 0 radical (unpaired) electrons. The largest absolute Gasteiger partial charge is 0.364 e. The molecule has 1 aromatic carbocycles. The second-order valence-corrected chi connectivity index (χ2v) is 8.13. The minimum absolute atomic E-state index is 0.854. The third-order valence-electron chi connectivity index (χ3n) is 5.76. The first-order valence-electron chi connectivity index (χ1n) is 10.5. The number of hydrogen-bond acceptors (Lipinski definition) is 3. The van der Waals surface area contributed by atoms with Gasteiger partial charge in [-0.1, -0.05) is 45.7 Å². The van der Waals surface area contributed by atoms with E-state index in [9.17, 15) is 0 Å². The van der Waals surface area contributed by atoms with E-state index in [1.165, 1.54) is 49.8 Å². The van der Waals surface area contributed by atoms with Gasteiger partial charge in [0.25, 0.3) is 0 Å². The summed E-state index contributed by atoms with van der Waals surface area (Å²) in [6, 6.07) is 7.27. The Labute approximate surface area is 165 Å². The normalized spacial score (nSPS) is 23.6. The maximum absolute atomic E-state index is 2.93. The van der Waals surface area contributed by atoms with Crippen LogP contribution in [-0.2, 0) is 6.42 Å². The minimum Gasteiger partial charge on any atom is -0.364 e. The number of rotatable bonds is 2. The molecule has 26 heavy (non-hydrogen) atoms. The van der Waals surface area contributed by atoms with Crippen LogP contribution in [0.3, 0.4) is 0 Å². The summed E-state index contributed by atoms with van der Waals surface area (Å²) in [5.41, 5.74) is 6.16. The maximum atomic E-state index is 2.93. The summed E-state index contributed by atoms with van der Waals surface area (Å²) in [5, 5.41) is 5.25. The molecular formula is C23H38N2S. The Kier molecular flexibility index (Phi) is 9.07. The van der Waals surface area contributed by atoms with Crippen molar-refractivity contribution in [1.82, 2.24) is 10.2 Å². The molecule has 2 atom stereocenters. The van der Waals surface area contributed by atoms with Crippen LogP contribution in [0.4, 0.5) is 0 Å². The second kappa shape index (κ2) is 11.0. The number of fused-ring (bicyclic) bond motifs is 3. The molecule has 2 nitrogen and oxygen atoms in total. The first-order valence-corrected chi connectivity index (χ1v) is 11.6. The van der Waals surface area contributed by atoms with Gasteiger partial charge in [-0.05, 0) is 79.3 Å². The number of nitrogens with one attached hydrogen (secondary N) is 1. The van der Waals surface area contributed by atoms with Crippen LogP contribution in [0.1, 0.15) is 75.5 Å². The van der Waals surface area contributed by atoms with Crippen LogP contribution in [0.5, 0.6) is 0 Å². The van der Waals surface area contributed by atoms with Gasteiger partial charge in [-0.15, -0.1) is 11.8 Å². The van der Waals surface area contributed by atoms with Crippen molar-refractivity contribution in [2.24, 2.45) is 5.92 Å². The molecule has 1 saturated carbocycles. The van der Waals surface area contributed by atoms with Gasteiger partial charge >= 0.3 is 0 Å². The summed E-state index contributed by atoms with van der Waals surface area (Å²) in [6.45, 7) is 7.14. The van der Waals surface area contributed by atoms with Crippen molar-refractivity contribution in [2.75, 3.05) is 26.5 Å². The molecule has 3 heteroatoms. The zero-order valence-corrected chi connectivity index (χ0v) is 18.3. The lowest BCUT2D eigenvalue weighted by atomic mass is 9.68. The second-order valence-electron chi connectivity index (χ2n) is 7.31. The van der Waals surface area contributed by atoms with Gasteiger partial charge in [0.05, 0.1) is 11.6 Å². The molecule has 0 spiro atoms. The van der Waals surface area contributed by atoms with Gasteiger partial charge < -0.3 is 10.2 Å². The van der Waals surface area contributed by atoms with Crippen LogP contribution in [-0.4, -0.2) is 31.4 Å². The van der Waals surface area contributed by atoms with Crippen molar-refractivity contribution in [3.8, 4) is 0 Å². The Morgan fingerprint density at radius 3 is 2.54 bits per heavy atom. The van der Waals surface area contributed by atoms with Crippen LogP contribution in [0.25, 0.3) is 5.70 Å². The Hall–Kier alpha value is -0.930. The summed E-state index contributed by atoms with van der Waals surface area (Å²) in [4.78, 5) is 2.37. The number of hydrogen-bond donors (Lipinski definition) is 1. The Morgan fingerprint density at radius 1 is 1.15 bits per heavy atom. The monoisotopic (exact) mass is 374 g/mol. The van der Waals surface area contributed by atoms with E-state index in [-0.39, 0.29) is 0 Å². The fourth-order valence-electron chi connectivity index (χ4n) is 4.31. The zero-order valence-electron chi connectivity index (χ0n) is 17.5. The summed E-state index contributed by atoms with van der Waals surface area (Å²) in [7, 11) is 4.13. The molecule has 1 aliphatic heterocycles. The van der Waals surface area contributed by atoms with Crippen molar-refractivity contribution in [3.05, 3.63) is 40.3 Å². The average molecular weight is 375 g/mol. The molecule has 0 aromatic heterocycles. The lowest BCUT2D eigenvalue weighted by molar-refractivity contribution is 0.275. The molecule has 1 fully saturated rings. The lowest BCUT2D eigenvalue weighted by Crippen LogP contribution is -2.24. The van der Waals surface area contributed by atoms with E-state index >= 15 is 0 Å². The van der Waals surface area contributed by atoms with Gasteiger partial charge in [0, 0.05) is 7.05 Å². The molecule has 2 aliphatic carbocycles. The van der Waals surface area contributed by atoms with Crippen molar-refractivity contribution < 1.29 is 0 Å². The van der Waals surface area contributed by atoms with E-state index in [0.717, 1.165) is 24.3 Å². The van der Waals surface area contributed by atoms with Crippen molar-refractivity contribution >= 4 is 17.5 Å². The molecule has 0 saturated heterocycles. The smallest absolute Gasteiger partial charge is 0.0677 e. The van der Waals surface area contributed by atoms with Crippen LogP contribution >= 0.6 is 11.8 Å². The number of aryl methyl sites for hydroxylation is 1. The average Bonchev–Trinajstić information content (AvgIpc) is 3.15. The van der Waals surface area contributed by atoms with E-state index in [1.54, 1.807) is 11.1 Å². The van der Waals surface area contributed by atoms with Crippen LogP contribution in [0.15, 0.2) is 23.6 Å². The van der Waals surface area contributed by atoms with Gasteiger partial charge in [0.1, 0.15) is 0 Å². The van der Waals surface area contributed by atoms with Crippen molar-refractivity contribution in [3.63, 3.8) is 0 Å². The van der Waals surface area contributed by atoms with E-state index in [4.69, 9.17) is 0 Å². The Morgan fingerprint density at radius 2 is 1.88 bits per heavy atom. The highest BCUT2D eigenvalue weighted by Crippen LogP contribution is 2.46. The highest BCUT2D eigenvalue weighted by Gasteiger charge is 2.31. The van der Waals surface area contributed by atoms with Crippen LogP contribution in [0, 0.1) is 5.92 Å². The quantitative estimate of drug-likeness (QED) is 0.674. The molecule has 1 N–H and O–H groups in total. The van der Waals surface area contributed by atoms with Crippen molar-refractivity contribution in [2.45, 2.75) is 65.2 Å². The summed E-state index contributed by atoms with van der Waals surface area (Å²) < 4.78 is 0. The van der Waals surface area contributed by atoms with E-state index in [0.29, 0.717) is 0 Å². The summed E-state index contributed by atoms with van der Waals surface area (Å²) >= 11 is 1.91. The number of thioether (sulfide) groups is 1. The summed E-state index contributed by atoms with van der Waals surface area (Å²) in [5.74, 6) is 2.92. The Bertz CT molecular complexity index is 580. The summed E-state index contributed by atoms with van der Waals surface area (Å²) in [6.07, 6.45) is 8.51. The lowest BCUT2D eigenvalue weighted by Gasteiger charge is -2.37. The fraction of sp³-hybridized carbons (Fsp3) is 0.652. The third-order valence-corrected chi connectivity index (χ3v) is 6.69. The SMILES string of the molecule is CC.CCNC.CN1CSC=C1c1ccc2c(c1)C1CCCCC1CC2. The van der Waals surface area contributed by atoms with Gasteiger partial charge in [-0.2, -0.15) is 0 Å². The van der Waals surface area contributed by atoms with E-state index < -0.39 is 0 Å². The maximum Gasteiger partial charge on any atom is 0.0677 e. The highest BCUT2D eigenvalue weighted by molar-refractivity contribution is 8.02. The van der Waals surface area contributed by atoms with Crippen LogP contribution in [0.2, 0.25) is 0 Å². The Balaban J connectivity index is 0.000000361. The highest BCUT2D eigenvalue weighted by atomic mass is 32.2. The van der Waals surface area contributed by atoms with Gasteiger partial charge in [0.2, 0.25) is 0 Å². The van der Waals surface area contributed by atoms with Gasteiger partial charge in [-0.3, -0.25) is 0 Å². The van der Waals surface area contributed by atoms with E-state index in [1.807, 2.05) is 32.7 Å². The predicted octanol–water partition coefficient (Wildman–Crippen LogP) is 6.09. The van der Waals surface area contributed by atoms with Crippen LogP contribution < -0.4 is 5.32 Å². The first-order chi connectivity index (χ1) is 12.7. The fourth-order valence-corrected chi connectivity index (χ4v) is 5.22. The zero-order chi connectivity index (χ0) is 18.9. The molecule has 3 aliphatic rings. The van der Waals surface area contributed by atoms with Gasteiger partial charge in [-0.25, -0.2) is 0 Å². The molecule has 0 amide bonds. The molecule has 2 unspecified atom stereocenters. The number of nitrogens with zero attached hydrogens (tertiary/aromatic N) is 1. The molecule has 0 bridgehead atoms. The topological polar surface area (TPSA) is 15.3 Å². The minimum atomic E-state index is 0.854. The molecule has 4 rings (SSSR count). The standard InChI is InChI=1S/C18H23NS.C3H9N.C2H6/c1-19-12-20-11-18(19)15-9-8-14-7-6-13-4-2-3-5-16(13)17(14)10-15;1-3-4-2;1-2/h8-11,13,16H,2-7,12H2,1H3;4H,3H2,1-2H3;1-2H3. The molecular weight excluding hydrogens is 336 g/mol. The van der Waals surface area contributed by atoms with Gasteiger partial charge in [0.15, 0.2) is 0 Å². The molecule has 1 aromatic rings. The van der Waals surface area contributed by atoms with E-state index in [2.05, 4.69) is 47.8 Å². The first kappa shape index (κ1) is 21.4.